The van der Waals surface area contributed by atoms with E-state index in [0.29, 0.717) is 18.3 Å². The summed E-state index contributed by atoms with van der Waals surface area (Å²) in [5, 5.41) is 18.2. The van der Waals surface area contributed by atoms with Crippen LogP contribution in [0.2, 0.25) is 0 Å². The van der Waals surface area contributed by atoms with Gasteiger partial charge in [-0.3, -0.25) is 0 Å². The van der Waals surface area contributed by atoms with Crippen molar-refractivity contribution in [1.29, 1.82) is 0 Å². The van der Waals surface area contributed by atoms with Crippen molar-refractivity contribution >= 4 is 11.9 Å². The van der Waals surface area contributed by atoms with E-state index in [1.54, 1.807) is 0 Å². The second kappa shape index (κ2) is 6.73. The van der Waals surface area contributed by atoms with E-state index >= 15 is 0 Å². The van der Waals surface area contributed by atoms with Gasteiger partial charge < -0.3 is 10.2 Å². The molecule has 0 bridgehead atoms. The van der Waals surface area contributed by atoms with Crippen LogP contribution in [-0.4, -0.2) is 22.2 Å². The number of rotatable bonds is 5. The SMILES string of the molecule is CC1=CCC[C@H]2[C@](C)(CC/C(=C\C(=O)O)C(=O)O)[C@H](C)CC[C@]12C. The maximum absolute atomic E-state index is 11.4. The summed E-state index contributed by atoms with van der Waals surface area (Å²) in [6, 6.07) is 0. The van der Waals surface area contributed by atoms with Gasteiger partial charge >= 0.3 is 11.9 Å². The lowest BCUT2D eigenvalue weighted by molar-refractivity contribution is -0.135. The normalized spacial score (nSPS) is 36.7. The van der Waals surface area contributed by atoms with E-state index in [-0.39, 0.29) is 16.4 Å². The monoisotopic (exact) mass is 334 g/mol. The molecule has 2 aliphatic rings. The second-order valence-electron chi connectivity index (χ2n) is 8.19. The lowest BCUT2D eigenvalue weighted by atomic mass is 9.47. The molecule has 1 fully saturated rings. The van der Waals surface area contributed by atoms with Crippen LogP contribution in [0.3, 0.4) is 0 Å². The van der Waals surface area contributed by atoms with E-state index in [2.05, 4.69) is 33.8 Å². The largest absolute Gasteiger partial charge is 0.478 e. The minimum absolute atomic E-state index is 0.00581. The summed E-state index contributed by atoms with van der Waals surface area (Å²) in [6.07, 6.45) is 8.81. The zero-order chi connectivity index (χ0) is 18.1. The van der Waals surface area contributed by atoms with Crippen molar-refractivity contribution in [2.45, 2.75) is 66.2 Å². The molecule has 24 heavy (non-hydrogen) atoms. The summed E-state index contributed by atoms with van der Waals surface area (Å²) in [5.74, 6) is -1.26. The maximum Gasteiger partial charge on any atom is 0.331 e. The Labute approximate surface area is 144 Å². The summed E-state index contributed by atoms with van der Waals surface area (Å²) < 4.78 is 0. The number of carbonyl (C=O) groups is 2. The third-order valence-corrected chi connectivity index (χ3v) is 7.10. The summed E-state index contributed by atoms with van der Waals surface area (Å²) >= 11 is 0. The number of hydrogen-bond donors (Lipinski definition) is 2. The number of aliphatic carboxylic acids is 2. The van der Waals surface area contributed by atoms with Crippen molar-refractivity contribution in [3.8, 4) is 0 Å². The van der Waals surface area contributed by atoms with Crippen LogP contribution in [0.1, 0.15) is 66.2 Å². The molecule has 0 aromatic rings. The quantitative estimate of drug-likeness (QED) is 0.566. The Morgan fingerprint density at radius 2 is 1.96 bits per heavy atom. The molecule has 4 nitrogen and oxygen atoms in total. The van der Waals surface area contributed by atoms with Gasteiger partial charge in [0.25, 0.3) is 0 Å². The molecule has 0 spiro atoms. The summed E-state index contributed by atoms with van der Waals surface area (Å²) in [7, 11) is 0. The number of allylic oxidation sites excluding steroid dienone is 2. The first-order chi connectivity index (χ1) is 11.1. The predicted molar refractivity (Wildman–Crippen MR) is 93.7 cm³/mol. The number of carboxylic acids is 2. The molecule has 0 radical (unpaired) electrons. The highest BCUT2D eigenvalue weighted by Crippen LogP contribution is 2.61. The molecule has 2 N–H and O–H groups in total. The number of fused-ring (bicyclic) bond motifs is 1. The average molecular weight is 334 g/mol. The molecule has 1 saturated carbocycles. The highest BCUT2D eigenvalue weighted by atomic mass is 16.4. The van der Waals surface area contributed by atoms with Crippen LogP contribution in [0.25, 0.3) is 0 Å². The average Bonchev–Trinajstić information content (AvgIpc) is 2.50. The van der Waals surface area contributed by atoms with Gasteiger partial charge in [0.05, 0.1) is 0 Å². The molecule has 0 saturated heterocycles. The van der Waals surface area contributed by atoms with Crippen molar-refractivity contribution in [3.05, 3.63) is 23.3 Å². The van der Waals surface area contributed by atoms with Crippen LogP contribution in [0.4, 0.5) is 0 Å². The first-order valence-electron chi connectivity index (χ1n) is 8.95. The van der Waals surface area contributed by atoms with Crippen molar-refractivity contribution < 1.29 is 19.8 Å². The summed E-state index contributed by atoms with van der Waals surface area (Å²) in [6.45, 7) is 9.15. The Kier molecular flexibility index (Phi) is 5.26. The molecule has 0 amide bonds. The fourth-order valence-electron chi connectivity index (χ4n) is 5.13. The van der Waals surface area contributed by atoms with Gasteiger partial charge in [-0.15, -0.1) is 0 Å². The Bertz CT molecular complexity index is 588. The Morgan fingerprint density at radius 1 is 1.29 bits per heavy atom. The van der Waals surface area contributed by atoms with Crippen LogP contribution in [0.5, 0.6) is 0 Å². The van der Waals surface area contributed by atoms with E-state index in [9.17, 15) is 14.7 Å². The molecule has 134 valence electrons. The molecule has 2 rings (SSSR count). The standard InChI is InChI=1S/C20H30O4/c1-13-6-5-7-16-19(13,3)10-8-14(2)20(16,4)11-9-15(18(23)24)12-17(21)22/h6,12,14,16H,5,7-11H2,1-4H3,(H,21,22)(H,23,24)/b15-12+/t14-,16-,19-,20-/m1/s1. The van der Waals surface area contributed by atoms with E-state index < -0.39 is 11.9 Å². The van der Waals surface area contributed by atoms with Crippen LogP contribution in [-0.2, 0) is 9.59 Å². The van der Waals surface area contributed by atoms with Gasteiger partial charge in [0, 0.05) is 11.6 Å². The lowest BCUT2D eigenvalue weighted by Gasteiger charge is -2.58. The van der Waals surface area contributed by atoms with Gasteiger partial charge in [-0.05, 0) is 68.1 Å². The van der Waals surface area contributed by atoms with Gasteiger partial charge in [0.15, 0.2) is 0 Å². The van der Waals surface area contributed by atoms with Gasteiger partial charge in [-0.25, -0.2) is 9.59 Å². The Morgan fingerprint density at radius 3 is 2.54 bits per heavy atom. The van der Waals surface area contributed by atoms with Crippen molar-refractivity contribution in [3.63, 3.8) is 0 Å². The van der Waals surface area contributed by atoms with Gasteiger partial charge in [0.2, 0.25) is 0 Å². The molecule has 4 atom stereocenters. The molecule has 0 heterocycles. The lowest BCUT2D eigenvalue weighted by Crippen LogP contribution is -2.49. The maximum atomic E-state index is 11.4. The molecule has 4 heteroatoms. The van der Waals surface area contributed by atoms with E-state index in [0.717, 1.165) is 31.8 Å². The van der Waals surface area contributed by atoms with E-state index in [4.69, 9.17) is 5.11 Å². The minimum atomic E-state index is -1.18. The number of hydrogen-bond acceptors (Lipinski definition) is 2. The minimum Gasteiger partial charge on any atom is -0.478 e. The molecule has 0 aromatic heterocycles. The smallest absolute Gasteiger partial charge is 0.331 e. The van der Waals surface area contributed by atoms with Crippen LogP contribution < -0.4 is 0 Å². The summed E-state index contributed by atoms with van der Waals surface area (Å²) in [5.41, 5.74) is 1.71. The fourth-order valence-corrected chi connectivity index (χ4v) is 5.13. The van der Waals surface area contributed by atoms with Crippen molar-refractivity contribution in [2.24, 2.45) is 22.7 Å². The van der Waals surface area contributed by atoms with Gasteiger partial charge in [0.1, 0.15) is 0 Å². The highest BCUT2D eigenvalue weighted by molar-refractivity contribution is 5.94. The van der Waals surface area contributed by atoms with Crippen LogP contribution in [0, 0.1) is 22.7 Å². The topological polar surface area (TPSA) is 74.6 Å². The fraction of sp³-hybridized carbons (Fsp3) is 0.700. The highest BCUT2D eigenvalue weighted by Gasteiger charge is 2.52. The van der Waals surface area contributed by atoms with Crippen LogP contribution in [0.15, 0.2) is 23.3 Å². The molecular formula is C20H30O4. The predicted octanol–water partition coefficient (Wildman–Crippen LogP) is 4.66. The Hall–Kier alpha value is -1.58. The molecular weight excluding hydrogens is 304 g/mol. The molecule has 0 aliphatic heterocycles. The second-order valence-corrected chi connectivity index (χ2v) is 8.19. The zero-order valence-corrected chi connectivity index (χ0v) is 15.3. The molecule has 0 aromatic carbocycles. The van der Waals surface area contributed by atoms with Crippen molar-refractivity contribution in [2.75, 3.05) is 0 Å². The van der Waals surface area contributed by atoms with Crippen molar-refractivity contribution in [1.82, 2.24) is 0 Å². The van der Waals surface area contributed by atoms with E-state index in [1.807, 2.05) is 0 Å². The molecule has 0 unspecified atom stereocenters. The van der Waals surface area contributed by atoms with E-state index in [1.165, 1.54) is 12.0 Å². The Balaban J connectivity index is 2.27. The molecule has 2 aliphatic carbocycles. The van der Waals surface area contributed by atoms with Gasteiger partial charge in [-0.2, -0.15) is 0 Å². The third kappa shape index (κ3) is 3.28. The third-order valence-electron chi connectivity index (χ3n) is 7.10. The first kappa shape index (κ1) is 18.8. The van der Waals surface area contributed by atoms with Gasteiger partial charge in [-0.1, -0.05) is 32.4 Å². The number of carboxylic acid groups (broad SMARTS) is 2. The first-order valence-corrected chi connectivity index (χ1v) is 8.95. The zero-order valence-electron chi connectivity index (χ0n) is 15.3. The summed E-state index contributed by atoms with van der Waals surface area (Å²) in [4.78, 5) is 22.2. The van der Waals surface area contributed by atoms with Crippen LogP contribution >= 0.6 is 0 Å².